The monoisotopic (exact) mass is 317 g/mol. The number of aryl methyl sites for hydroxylation is 2. The molecule has 2 N–H and O–H groups in total. The van der Waals surface area contributed by atoms with Crippen molar-refractivity contribution in [1.82, 2.24) is 25.4 Å². The Kier molecular flexibility index (Phi) is 4.76. The summed E-state index contributed by atoms with van der Waals surface area (Å²) >= 11 is 0. The number of aromatic amines is 1. The van der Waals surface area contributed by atoms with Gasteiger partial charge in [0.2, 0.25) is 0 Å². The van der Waals surface area contributed by atoms with Gasteiger partial charge in [-0.25, -0.2) is 4.98 Å². The van der Waals surface area contributed by atoms with Crippen molar-refractivity contribution in [2.24, 2.45) is 0 Å². The van der Waals surface area contributed by atoms with Gasteiger partial charge in [0.05, 0.1) is 18.4 Å². The molecule has 3 heterocycles. The molecule has 0 aromatic carbocycles. The number of amides is 1. The van der Waals surface area contributed by atoms with Crippen LogP contribution in [0.1, 0.15) is 47.5 Å². The van der Waals surface area contributed by atoms with Crippen molar-refractivity contribution in [2.75, 3.05) is 13.1 Å². The molecule has 0 radical (unpaired) electrons. The molecule has 1 fully saturated rings. The Morgan fingerprint density at radius 3 is 2.87 bits per heavy atom. The van der Waals surface area contributed by atoms with Gasteiger partial charge in [-0.2, -0.15) is 5.10 Å². The molecule has 1 amide bonds. The first-order chi connectivity index (χ1) is 11.2. The van der Waals surface area contributed by atoms with E-state index in [4.69, 9.17) is 4.42 Å². The van der Waals surface area contributed by atoms with Crippen molar-refractivity contribution in [2.45, 2.75) is 45.7 Å². The lowest BCUT2D eigenvalue weighted by molar-refractivity contribution is 0.0906. The Hall–Kier alpha value is -2.15. The van der Waals surface area contributed by atoms with Gasteiger partial charge in [-0.3, -0.25) is 14.8 Å². The summed E-state index contributed by atoms with van der Waals surface area (Å²) in [4.78, 5) is 19.0. The lowest BCUT2D eigenvalue weighted by Gasteiger charge is -2.31. The second-order valence-electron chi connectivity index (χ2n) is 5.97. The first-order valence-electron chi connectivity index (χ1n) is 8.13. The number of likely N-dealkylation sites (tertiary alicyclic amines) is 1. The van der Waals surface area contributed by atoms with Crippen molar-refractivity contribution < 1.29 is 9.21 Å². The van der Waals surface area contributed by atoms with E-state index < -0.39 is 0 Å². The number of rotatable bonds is 5. The minimum absolute atomic E-state index is 0.0440. The number of hydrogen-bond donors (Lipinski definition) is 2. The zero-order chi connectivity index (χ0) is 16.2. The molecule has 3 rings (SSSR count). The molecule has 23 heavy (non-hydrogen) atoms. The fourth-order valence-electron chi connectivity index (χ4n) is 2.89. The molecule has 0 saturated carbocycles. The zero-order valence-corrected chi connectivity index (χ0v) is 13.6. The highest BCUT2D eigenvalue weighted by molar-refractivity contribution is 5.95. The van der Waals surface area contributed by atoms with Crippen LogP contribution in [-0.4, -0.2) is 45.1 Å². The smallest absolute Gasteiger partial charge is 0.255 e. The van der Waals surface area contributed by atoms with E-state index in [0.29, 0.717) is 11.3 Å². The number of H-pyrrole nitrogens is 1. The molecule has 124 valence electrons. The third-order valence-electron chi connectivity index (χ3n) is 4.29. The molecule has 0 unspecified atom stereocenters. The molecule has 7 nitrogen and oxygen atoms in total. The second-order valence-corrected chi connectivity index (χ2v) is 5.97. The Morgan fingerprint density at radius 1 is 1.48 bits per heavy atom. The summed E-state index contributed by atoms with van der Waals surface area (Å²) in [6.07, 6.45) is 4.28. The molecule has 2 aromatic rings. The maximum atomic E-state index is 12.2. The van der Waals surface area contributed by atoms with E-state index in [2.05, 4.69) is 25.4 Å². The van der Waals surface area contributed by atoms with Gasteiger partial charge in [-0.1, -0.05) is 6.92 Å². The van der Waals surface area contributed by atoms with Crippen LogP contribution in [0.2, 0.25) is 0 Å². The lowest BCUT2D eigenvalue weighted by atomic mass is 10.0. The standard InChI is InChI=1S/C16H23N5O2/c1-3-14-18-15(20-19-14)10-21-7-4-12(5-8-21)17-16(22)13-6-9-23-11(13)2/h6,9,12H,3-5,7-8,10H2,1-2H3,(H,17,22)(H,18,19,20). The first-order valence-corrected chi connectivity index (χ1v) is 8.13. The predicted octanol–water partition coefficient (Wildman–Crippen LogP) is 1.66. The van der Waals surface area contributed by atoms with Crippen molar-refractivity contribution in [3.05, 3.63) is 35.3 Å². The fourth-order valence-corrected chi connectivity index (χ4v) is 2.89. The third kappa shape index (κ3) is 3.79. The highest BCUT2D eigenvalue weighted by Crippen LogP contribution is 2.14. The summed E-state index contributed by atoms with van der Waals surface area (Å²) in [5.41, 5.74) is 0.626. The number of nitrogens with one attached hydrogen (secondary N) is 2. The summed E-state index contributed by atoms with van der Waals surface area (Å²) in [5, 5.41) is 10.3. The molecule has 2 aromatic heterocycles. The molecule has 0 bridgehead atoms. The largest absolute Gasteiger partial charge is 0.469 e. The fraction of sp³-hybridized carbons (Fsp3) is 0.562. The average Bonchev–Trinajstić information content (AvgIpc) is 3.18. The van der Waals surface area contributed by atoms with E-state index in [-0.39, 0.29) is 11.9 Å². The number of nitrogens with zero attached hydrogens (tertiary/aromatic N) is 3. The van der Waals surface area contributed by atoms with Crippen LogP contribution in [-0.2, 0) is 13.0 Å². The molecule has 0 spiro atoms. The number of hydrogen-bond acceptors (Lipinski definition) is 5. The SMILES string of the molecule is CCc1n[nH]c(CN2CCC(NC(=O)c3ccoc3C)CC2)n1. The van der Waals surface area contributed by atoms with Gasteiger partial charge in [0, 0.05) is 25.6 Å². The van der Waals surface area contributed by atoms with Gasteiger partial charge < -0.3 is 9.73 Å². The number of carbonyl (C=O) groups excluding carboxylic acids is 1. The van der Waals surface area contributed by atoms with Crippen molar-refractivity contribution in [3.63, 3.8) is 0 Å². The van der Waals surface area contributed by atoms with E-state index in [1.807, 2.05) is 6.92 Å². The highest BCUT2D eigenvalue weighted by atomic mass is 16.3. The molecular formula is C16H23N5O2. The molecule has 1 aliphatic heterocycles. The van der Waals surface area contributed by atoms with Crippen LogP contribution in [0.15, 0.2) is 16.7 Å². The summed E-state index contributed by atoms with van der Waals surface area (Å²) < 4.78 is 5.18. The minimum Gasteiger partial charge on any atom is -0.469 e. The molecular weight excluding hydrogens is 294 g/mol. The van der Waals surface area contributed by atoms with Gasteiger partial charge in [0.25, 0.3) is 5.91 Å². The second kappa shape index (κ2) is 6.95. The topological polar surface area (TPSA) is 87.0 Å². The van der Waals surface area contributed by atoms with E-state index in [1.165, 1.54) is 0 Å². The maximum Gasteiger partial charge on any atom is 0.255 e. The van der Waals surface area contributed by atoms with Crippen LogP contribution in [0.5, 0.6) is 0 Å². The molecule has 7 heteroatoms. The van der Waals surface area contributed by atoms with E-state index >= 15 is 0 Å². The molecule has 1 saturated heterocycles. The van der Waals surface area contributed by atoms with Gasteiger partial charge in [-0.15, -0.1) is 0 Å². The van der Waals surface area contributed by atoms with Gasteiger partial charge in [0.15, 0.2) is 0 Å². The van der Waals surface area contributed by atoms with Crippen molar-refractivity contribution >= 4 is 5.91 Å². The Morgan fingerprint density at radius 2 is 2.26 bits per heavy atom. The van der Waals surface area contributed by atoms with Crippen LogP contribution in [0.25, 0.3) is 0 Å². The Labute approximate surface area is 135 Å². The van der Waals surface area contributed by atoms with Crippen LogP contribution >= 0.6 is 0 Å². The Balaban J connectivity index is 1.46. The number of piperidine rings is 1. The molecule has 0 atom stereocenters. The van der Waals surface area contributed by atoms with Crippen LogP contribution < -0.4 is 5.32 Å². The maximum absolute atomic E-state index is 12.2. The van der Waals surface area contributed by atoms with Crippen molar-refractivity contribution in [1.29, 1.82) is 0 Å². The summed E-state index contributed by atoms with van der Waals surface area (Å²) in [6, 6.07) is 1.93. The minimum atomic E-state index is -0.0440. The lowest BCUT2D eigenvalue weighted by Crippen LogP contribution is -2.44. The molecule has 0 aliphatic carbocycles. The quantitative estimate of drug-likeness (QED) is 0.876. The Bertz CT molecular complexity index is 655. The van der Waals surface area contributed by atoms with Crippen LogP contribution in [0.4, 0.5) is 0 Å². The highest BCUT2D eigenvalue weighted by Gasteiger charge is 2.23. The van der Waals surface area contributed by atoms with E-state index in [0.717, 1.165) is 50.5 Å². The summed E-state index contributed by atoms with van der Waals surface area (Å²) in [5.74, 6) is 2.39. The van der Waals surface area contributed by atoms with Crippen LogP contribution in [0.3, 0.4) is 0 Å². The average molecular weight is 317 g/mol. The van der Waals surface area contributed by atoms with Crippen molar-refractivity contribution in [3.8, 4) is 0 Å². The summed E-state index contributed by atoms with van der Waals surface area (Å²) in [7, 11) is 0. The number of aromatic nitrogens is 3. The third-order valence-corrected chi connectivity index (χ3v) is 4.29. The first kappa shape index (κ1) is 15.7. The zero-order valence-electron chi connectivity index (χ0n) is 13.6. The number of carbonyl (C=O) groups is 1. The van der Waals surface area contributed by atoms with Crippen LogP contribution in [0, 0.1) is 6.92 Å². The predicted molar refractivity (Wildman–Crippen MR) is 85.0 cm³/mol. The molecule has 1 aliphatic rings. The normalized spacial score (nSPS) is 16.6. The number of furan rings is 1. The van der Waals surface area contributed by atoms with Gasteiger partial charge in [0.1, 0.15) is 17.4 Å². The van der Waals surface area contributed by atoms with Gasteiger partial charge in [-0.05, 0) is 25.8 Å². The summed E-state index contributed by atoms with van der Waals surface area (Å²) in [6.45, 7) is 6.52. The van der Waals surface area contributed by atoms with Gasteiger partial charge >= 0.3 is 0 Å². The van der Waals surface area contributed by atoms with E-state index in [9.17, 15) is 4.79 Å². The van der Waals surface area contributed by atoms with E-state index in [1.54, 1.807) is 19.3 Å².